The molecule has 0 aliphatic heterocycles. The molecule has 0 spiro atoms. The van der Waals surface area contributed by atoms with E-state index in [1.807, 2.05) is 6.08 Å². The molecule has 0 saturated carbocycles. The van der Waals surface area contributed by atoms with E-state index in [1.165, 1.54) is 283 Å². The van der Waals surface area contributed by atoms with Crippen LogP contribution in [0.1, 0.15) is 367 Å². The summed E-state index contributed by atoms with van der Waals surface area (Å²) in [5.41, 5.74) is 0. The number of hydrogen-bond donors (Lipinski definition) is 3. The van der Waals surface area contributed by atoms with Gasteiger partial charge in [-0.05, 0) is 32.1 Å². The summed E-state index contributed by atoms with van der Waals surface area (Å²) in [6.45, 7) is 4.89. The first kappa shape index (κ1) is 69.6. The van der Waals surface area contributed by atoms with Gasteiger partial charge in [0.25, 0.3) is 0 Å². The summed E-state index contributed by atoms with van der Waals surface area (Å²) in [6, 6.07) is -0.645. The van der Waals surface area contributed by atoms with E-state index in [9.17, 15) is 19.8 Å². The average Bonchev–Trinajstić information content (AvgIpc) is 3.37. The van der Waals surface area contributed by atoms with Gasteiger partial charge in [-0.2, -0.15) is 0 Å². The van der Waals surface area contributed by atoms with Crippen LogP contribution in [0.15, 0.2) is 12.2 Å². The third-order valence-corrected chi connectivity index (χ3v) is 15.3. The largest absolute Gasteiger partial charge is 0.466 e. The smallest absolute Gasteiger partial charge is 0.305 e. The zero-order valence-corrected chi connectivity index (χ0v) is 48.2. The molecule has 0 heterocycles. The summed E-state index contributed by atoms with van der Waals surface area (Å²) in [5.74, 6) is -0.1000. The van der Waals surface area contributed by atoms with Gasteiger partial charge in [-0.15, -0.1) is 0 Å². The van der Waals surface area contributed by atoms with Crippen LogP contribution in [0.25, 0.3) is 0 Å². The molecule has 1 amide bonds. The van der Waals surface area contributed by atoms with Crippen LogP contribution < -0.4 is 5.32 Å². The molecular weight excluding hydrogens is 875 g/mol. The van der Waals surface area contributed by atoms with Gasteiger partial charge >= 0.3 is 5.97 Å². The second kappa shape index (κ2) is 61.1. The maximum atomic E-state index is 12.5. The van der Waals surface area contributed by atoms with E-state index in [-0.39, 0.29) is 18.5 Å². The lowest BCUT2D eigenvalue weighted by atomic mass is 10.0. The van der Waals surface area contributed by atoms with Crippen molar-refractivity contribution in [1.82, 2.24) is 5.32 Å². The van der Waals surface area contributed by atoms with Crippen LogP contribution in [0, 0.1) is 0 Å². The van der Waals surface area contributed by atoms with Crippen molar-refractivity contribution in [3.63, 3.8) is 0 Å². The molecule has 3 N–H and O–H groups in total. The standard InChI is InChI=1S/C65H127NO5/c1-3-5-7-9-11-13-15-17-19-21-23-24-25-26-27-28-30-31-33-35-37-41-45-49-53-57-63(68)62(61-67)66-64(69)58-54-50-46-42-39-40-44-48-52-56-60-71-65(70)59-55-51-47-43-38-36-34-32-29-22-20-18-16-14-12-10-8-6-4-2/h53,57,62-63,67-68H,3-52,54-56,58-61H2,1-2H3,(H,66,69)/b57-53+. The number of carbonyl (C=O) groups is 2. The lowest BCUT2D eigenvalue weighted by Crippen LogP contribution is -2.45. The minimum Gasteiger partial charge on any atom is -0.466 e. The van der Waals surface area contributed by atoms with Crippen molar-refractivity contribution in [3.8, 4) is 0 Å². The van der Waals surface area contributed by atoms with Crippen LogP contribution in [0.3, 0.4) is 0 Å². The predicted octanol–water partition coefficient (Wildman–Crippen LogP) is 20.4. The van der Waals surface area contributed by atoms with E-state index in [2.05, 4.69) is 19.2 Å². The summed E-state index contributed by atoms with van der Waals surface area (Å²) in [4.78, 5) is 24.6. The molecule has 0 aromatic heterocycles. The summed E-state index contributed by atoms with van der Waals surface area (Å²) in [7, 11) is 0. The predicted molar refractivity (Wildman–Crippen MR) is 310 cm³/mol. The number of allylic oxidation sites excluding steroid dienone is 1. The molecule has 0 aromatic rings. The molecule has 0 aromatic carbocycles. The molecular formula is C65H127NO5. The monoisotopic (exact) mass is 1000 g/mol. The van der Waals surface area contributed by atoms with Crippen LogP contribution >= 0.6 is 0 Å². The zero-order valence-electron chi connectivity index (χ0n) is 48.2. The van der Waals surface area contributed by atoms with Crippen molar-refractivity contribution in [2.75, 3.05) is 13.2 Å². The van der Waals surface area contributed by atoms with Crippen molar-refractivity contribution >= 4 is 11.9 Å². The van der Waals surface area contributed by atoms with Crippen LogP contribution in [-0.2, 0) is 14.3 Å². The highest BCUT2D eigenvalue weighted by Crippen LogP contribution is 2.18. The van der Waals surface area contributed by atoms with E-state index in [0.717, 1.165) is 57.8 Å². The van der Waals surface area contributed by atoms with Crippen LogP contribution in [0.4, 0.5) is 0 Å². The molecule has 0 aliphatic rings. The first-order valence-electron chi connectivity index (χ1n) is 32.5. The highest BCUT2D eigenvalue weighted by atomic mass is 16.5. The Balaban J connectivity index is 3.46. The molecule has 0 aliphatic carbocycles. The Hall–Kier alpha value is -1.40. The maximum Gasteiger partial charge on any atom is 0.305 e. The van der Waals surface area contributed by atoms with Crippen molar-refractivity contribution in [1.29, 1.82) is 0 Å². The number of hydrogen-bond acceptors (Lipinski definition) is 5. The minimum absolute atomic E-state index is 0.0146. The quantitative estimate of drug-likeness (QED) is 0.0320. The fraction of sp³-hybridized carbons (Fsp3) is 0.938. The summed E-state index contributed by atoms with van der Waals surface area (Å²) in [5, 5.41) is 23.2. The van der Waals surface area contributed by atoms with Gasteiger partial charge in [0, 0.05) is 12.8 Å². The zero-order chi connectivity index (χ0) is 51.4. The molecule has 422 valence electrons. The number of rotatable bonds is 61. The lowest BCUT2D eigenvalue weighted by Gasteiger charge is -2.20. The van der Waals surface area contributed by atoms with E-state index in [4.69, 9.17) is 4.74 Å². The molecule has 0 bridgehead atoms. The van der Waals surface area contributed by atoms with Gasteiger partial charge in [0.1, 0.15) is 0 Å². The molecule has 0 saturated heterocycles. The van der Waals surface area contributed by atoms with E-state index in [0.29, 0.717) is 19.4 Å². The Morgan fingerprint density at radius 1 is 0.380 bits per heavy atom. The van der Waals surface area contributed by atoms with Crippen molar-refractivity contribution in [2.45, 2.75) is 379 Å². The third kappa shape index (κ3) is 57.7. The van der Waals surface area contributed by atoms with E-state index < -0.39 is 12.1 Å². The number of unbranched alkanes of at least 4 members (excludes halogenated alkanes) is 50. The second-order valence-corrected chi connectivity index (χ2v) is 22.5. The fourth-order valence-corrected chi connectivity index (χ4v) is 10.3. The van der Waals surface area contributed by atoms with Gasteiger partial charge in [0.2, 0.25) is 5.91 Å². The number of esters is 1. The van der Waals surface area contributed by atoms with Gasteiger partial charge in [-0.3, -0.25) is 9.59 Å². The fourth-order valence-electron chi connectivity index (χ4n) is 10.3. The van der Waals surface area contributed by atoms with Gasteiger partial charge in [-0.25, -0.2) is 0 Å². The van der Waals surface area contributed by atoms with Gasteiger partial charge in [-0.1, -0.05) is 334 Å². The van der Waals surface area contributed by atoms with Crippen molar-refractivity contribution in [3.05, 3.63) is 12.2 Å². The van der Waals surface area contributed by atoms with Gasteiger partial charge in [0.15, 0.2) is 0 Å². The van der Waals surface area contributed by atoms with Crippen molar-refractivity contribution < 1.29 is 24.5 Å². The Morgan fingerprint density at radius 2 is 0.648 bits per heavy atom. The number of aliphatic hydroxyl groups is 2. The average molecular weight is 1000 g/mol. The van der Waals surface area contributed by atoms with Crippen LogP contribution in [-0.4, -0.2) is 47.4 Å². The Bertz CT molecular complexity index is 1060. The van der Waals surface area contributed by atoms with Gasteiger partial charge < -0.3 is 20.3 Å². The number of ether oxygens (including phenoxy) is 1. The number of amides is 1. The minimum atomic E-state index is -0.860. The molecule has 0 rings (SSSR count). The first-order valence-corrected chi connectivity index (χ1v) is 32.5. The van der Waals surface area contributed by atoms with Crippen LogP contribution in [0.2, 0.25) is 0 Å². The topological polar surface area (TPSA) is 95.9 Å². The third-order valence-electron chi connectivity index (χ3n) is 15.3. The molecule has 2 unspecified atom stereocenters. The Kier molecular flexibility index (Phi) is 59.9. The molecule has 2 atom stereocenters. The summed E-state index contributed by atoms with van der Waals surface area (Å²) >= 11 is 0. The summed E-state index contributed by atoms with van der Waals surface area (Å²) in [6.07, 6.45) is 74.0. The molecule has 71 heavy (non-hydrogen) atoms. The molecule has 6 heteroatoms. The first-order chi connectivity index (χ1) is 35.0. The Morgan fingerprint density at radius 3 is 0.958 bits per heavy atom. The highest BCUT2D eigenvalue weighted by molar-refractivity contribution is 5.76. The van der Waals surface area contributed by atoms with Crippen molar-refractivity contribution in [2.24, 2.45) is 0 Å². The number of aliphatic hydroxyl groups excluding tert-OH is 2. The van der Waals surface area contributed by atoms with Gasteiger partial charge in [0.05, 0.1) is 25.4 Å². The Labute approximate surface area is 444 Å². The lowest BCUT2D eigenvalue weighted by molar-refractivity contribution is -0.143. The molecule has 0 fully saturated rings. The molecule has 6 nitrogen and oxygen atoms in total. The maximum absolute atomic E-state index is 12.5. The second-order valence-electron chi connectivity index (χ2n) is 22.5. The highest BCUT2D eigenvalue weighted by Gasteiger charge is 2.18. The van der Waals surface area contributed by atoms with E-state index >= 15 is 0 Å². The summed E-state index contributed by atoms with van der Waals surface area (Å²) < 4.78 is 5.49. The SMILES string of the molecule is CCCCCCCCCCCCCCCCCCCCCCCCC/C=C/C(O)C(CO)NC(=O)CCCCCCCCCCCCOC(=O)CCCCCCCCCCCCCCCCCCCCC. The molecule has 0 radical (unpaired) electrons. The normalized spacial score (nSPS) is 12.6. The van der Waals surface area contributed by atoms with Crippen LogP contribution in [0.5, 0.6) is 0 Å². The number of nitrogens with one attached hydrogen (secondary N) is 1. The number of carbonyl (C=O) groups excluding carboxylic acids is 2. The van der Waals surface area contributed by atoms with E-state index in [1.54, 1.807) is 6.08 Å².